The third-order valence-corrected chi connectivity index (χ3v) is 5.35. The molecule has 0 saturated heterocycles. The van der Waals surface area contributed by atoms with Crippen molar-refractivity contribution in [1.29, 1.82) is 0 Å². The molecule has 0 aromatic heterocycles. The van der Waals surface area contributed by atoms with Gasteiger partial charge in [-0.05, 0) is 31.1 Å². The molecule has 136 valence electrons. The van der Waals surface area contributed by atoms with Crippen molar-refractivity contribution in [2.75, 3.05) is 6.61 Å². The Morgan fingerprint density at radius 2 is 1.35 bits per heavy atom. The Balaban J connectivity index is 1.82. The third kappa shape index (κ3) is 11.6. The molecule has 1 fully saturated rings. The SMILES string of the molecule is CCCCCCCCCCCCOC(=O)CC1CCC(C)CC1. The second-order valence-electron chi connectivity index (χ2n) is 7.73. The summed E-state index contributed by atoms with van der Waals surface area (Å²) < 4.78 is 5.40. The van der Waals surface area contributed by atoms with Gasteiger partial charge in [0.05, 0.1) is 6.61 Å². The van der Waals surface area contributed by atoms with E-state index in [0.29, 0.717) is 18.9 Å². The Hall–Kier alpha value is -0.530. The number of rotatable bonds is 13. The molecule has 23 heavy (non-hydrogen) atoms. The topological polar surface area (TPSA) is 26.3 Å². The van der Waals surface area contributed by atoms with Crippen molar-refractivity contribution < 1.29 is 9.53 Å². The van der Waals surface area contributed by atoms with Crippen LogP contribution in [0.1, 0.15) is 110 Å². The van der Waals surface area contributed by atoms with Crippen LogP contribution in [0.2, 0.25) is 0 Å². The van der Waals surface area contributed by atoms with E-state index in [1.165, 1.54) is 83.5 Å². The first-order valence-corrected chi connectivity index (χ1v) is 10.4. The van der Waals surface area contributed by atoms with Crippen molar-refractivity contribution in [2.24, 2.45) is 11.8 Å². The predicted molar refractivity (Wildman–Crippen MR) is 98.5 cm³/mol. The monoisotopic (exact) mass is 324 g/mol. The lowest BCUT2D eigenvalue weighted by molar-refractivity contribution is -0.145. The highest BCUT2D eigenvalue weighted by Gasteiger charge is 2.21. The van der Waals surface area contributed by atoms with Crippen LogP contribution >= 0.6 is 0 Å². The molecule has 0 N–H and O–H groups in total. The minimum absolute atomic E-state index is 0.0421. The van der Waals surface area contributed by atoms with E-state index in [4.69, 9.17) is 4.74 Å². The fourth-order valence-electron chi connectivity index (χ4n) is 3.60. The summed E-state index contributed by atoms with van der Waals surface area (Å²) >= 11 is 0. The molecule has 2 heteroatoms. The van der Waals surface area contributed by atoms with Crippen LogP contribution < -0.4 is 0 Å². The Morgan fingerprint density at radius 1 is 0.826 bits per heavy atom. The molecular formula is C21H40O2. The van der Waals surface area contributed by atoms with E-state index in [1.807, 2.05) is 0 Å². The molecule has 0 atom stereocenters. The molecule has 0 amide bonds. The van der Waals surface area contributed by atoms with Crippen molar-refractivity contribution in [3.8, 4) is 0 Å². The van der Waals surface area contributed by atoms with Crippen LogP contribution in [0.4, 0.5) is 0 Å². The summed E-state index contributed by atoms with van der Waals surface area (Å²) in [6, 6.07) is 0. The number of unbranched alkanes of at least 4 members (excludes halogenated alkanes) is 9. The number of hydrogen-bond acceptors (Lipinski definition) is 2. The first-order chi connectivity index (χ1) is 11.2. The lowest BCUT2D eigenvalue weighted by atomic mass is 9.81. The van der Waals surface area contributed by atoms with Gasteiger partial charge in [0.25, 0.3) is 0 Å². The molecule has 1 aliphatic rings. The Kier molecular flexibility index (Phi) is 12.4. The molecule has 1 aliphatic carbocycles. The van der Waals surface area contributed by atoms with Crippen LogP contribution in [0.25, 0.3) is 0 Å². The zero-order valence-electron chi connectivity index (χ0n) is 15.8. The maximum absolute atomic E-state index is 11.8. The van der Waals surface area contributed by atoms with Gasteiger partial charge in [-0.2, -0.15) is 0 Å². The molecule has 2 nitrogen and oxygen atoms in total. The standard InChI is InChI=1S/C21H40O2/c1-3-4-5-6-7-8-9-10-11-12-17-23-21(22)18-20-15-13-19(2)14-16-20/h19-20H,3-18H2,1-2H3. The van der Waals surface area contributed by atoms with Crippen molar-refractivity contribution >= 4 is 5.97 Å². The van der Waals surface area contributed by atoms with Gasteiger partial charge in [-0.25, -0.2) is 0 Å². The molecule has 1 saturated carbocycles. The summed E-state index contributed by atoms with van der Waals surface area (Å²) in [4.78, 5) is 11.8. The van der Waals surface area contributed by atoms with Gasteiger partial charge < -0.3 is 4.74 Å². The van der Waals surface area contributed by atoms with E-state index in [2.05, 4.69) is 13.8 Å². The second kappa shape index (κ2) is 13.9. The maximum atomic E-state index is 11.8. The van der Waals surface area contributed by atoms with Gasteiger partial charge >= 0.3 is 5.97 Å². The van der Waals surface area contributed by atoms with E-state index < -0.39 is 0 Å². The van der Waals surface area contributed by atoms with E-state index >= 15 is 0 Å². The average molecular weight is 325 g/mol. The Labute approximate surface area is 144 Å². The first kappa shape index (κ1) is 20.5. The van der Waals surface area contributed by atoms with Crippen LogP contribution in [-0.2, 0) is 9.53 Å². The largest absolute Gasteiger partial charge is 0.466 e. The zero-order chi connectivity index (χ0) is 16.8. The molecular weight excluding hydrogens is 284 g/mol. The number of carbonyl (C=O) groups is 1. The van der Waals surface area contributed by atoms with Gasteiger partial charge in [0, 0.05) is 6.42 Å². The van der Waals surface area contributed by atoms with E-state index in [9.17, 15) is 4.79 Å². The summed E-state index contributed by atoms with van der Waals surface area (Å²) in [7, 11) is 0. The number of esters is 1. The Morgan fingerprint density at radius 3 is 1.91 bits per heavy atom. The van der Waals surface area contributed by atoms with Gasteiger partial charge in [0.2, 0.25) is 0 Å². The maximum Gasteiger partial charge on any atom is 0.306 e. The molecule has 0 aromatic carbocycles. The predicted octanol–water partition coefficient (Wildman–Crippen LogP) is 6.67. The lowest BCUT2D eigenvalue weighted by Gasteiger charge is -2.25. The number of carbonyl (C=O) groups excluding carboxylic acids is 1. The van der Waals surface area contributed by atoms with Crippen LogP contribution in [-0.4, -0.2) is 12.6 Å². The quantitative estimate of drug-likeness (QED) is 0.279. The van der Waals surface area contributed by atoms with Crippen molar-refractivity contribution in [1.82, 2.24) is 0 Å². The highest BCUT2D eigenvalue weighted by Crippen LogP contribution is 2.30. The molecule has 0 bridgehead atoms. The van der Waals surface area contributed by atoms with E-state index in [0.717, 1.165) is 12.3 Å². The zero-order valence-corrected chi connectivity index (χ0v) is 15.8. The summed E-state index contributed by atoms with van der Waals surface area (Å²) in [6.07, 6.45) is 18.9. The van der Waals surface area contributed by atoms with Crippen LogP contribution in [0, 0.1) is 11.8 Å². The van der Waals surface area contributed by atoms with Gasteiger partial charge in [0.1, 0.15) is 0 Å². The van der Waals surface area contributed by atoms with Gasteiger partial charge in [-0.1, -0.05) is 84.5 Å². The summed E-state index contributed by atoms with van der Waals surface area (Å²) in [5, 5.41) is 0. The van der Waals surface area contributed by atoms with Gasteiger partial charge in [-0.15, -0.1) is 0 Å². The molecule has 0 unspecified atom stereocenters. The lowest BCUT2D eigenvalue weighted by Crippen LogP contribution is -2.17. The van der Waals surface area contributed by atoms with Crippen LogP contribution in [0.15, 0.2) is 0 Å². The van der Waals surface area contributed by atoms with E-state index in [1.54, 1.807) is 0 Å². The highest BCUT2D eigenvalue weighted by atomic mass is 16.5. The molecule has 0 spiro atoms. The fourth-order valence-corrected chi connectivity index (χ4v) is 3.60. The first-order valence-electron chi connectivity index (χ1n) is 10.4. The highest BCUT2D eigenvalue weighted by molar-refractivity contribution is 5.69. The van der Waals surface area contributed by atoms with Gasteiger partial charge in [-0.3, -0.25) is 4.79 Å². The Bertz CT molecular complexity index is 280. The minimum atomic E-state index is 0.0421. The second-order valence-corrected chi connectivity index (χ2v) is 7.73. The molecule has 0 aliphatic heterocycles. The van der Waals surface area contributed by atoms with Crippen LogP contribution in [0.5, 0.6) is 0 Å². The number of hydrogen-bond donors (Lipinski definition) is 0. The van der Waals surface area contributed by atoms with Crippen molar-refractivity contribution in [3.05, 3.63) is 0 Å². The smallest absolute Gasteiger partial charge is 0.306 e. The number of ether oxygens (including phenoxy) is 1. The van der Waals surface area contributed by atoms with E-state index in [-0.39, 0.29) is 5.97 Å². The molecule has 1 rings (SSSR count). The van der Waals surface area contributed by atoms with Crippen LogP contribution in [0.3, 0.4) is 0 Å². The normalized spacial score (nSPS) is 21.3. The summed E-state index contributed by atoms with van der Waals surface area (Å²) in [6.45, 7) is 5.22. The molecule has 0 radical (unpaired) electrons. The minimum Gasteiger partial charge on any atom is -0.466 e. The third-order valence-electron chi connectivity index (χ3n) is 5.35. The average Bonchev–Trinajstić information content (AvgIpc) is 2.55. The molecule has 0 aromatic rings. The summed E-state index contributed by atoms with van der Waals surface area (Å²) in [5.41, 5.74) is 0. The van der Waals surface area contributed by atoms with Gasteiger partial charge in [0.15, 0.2) is 0 Å². The summed E-state index contributed by atoms with van der Waals surface area (Å²) in [5.74, 6) is 1.49. The fraction of sp³-hybridized carbons (Fsp3) is 0.952. The van der Waals surface area contributed by atoms with Crippen molar-refractivity contribution in [3.63, 3.8) is 0 Å². The molecule has 0 heterocycles. The van der Waals surface area contributed by atoms with Crippen molar-refractivity contribution in [2.45, 2.75) is 110 Å².